The van der Waals surface area contributed by atoms with Crippen molar-refractivity contribution in [2.45, 2.75) is 19.4 Å². The Morgan fingerprint density at radius 2 is 1.82 bits per heavy atom. The first-order chi connectivity index (χ1) is 8.12. The van der Waals surface area contributed by atoms with Crippen LogP contribution in [0.1, 0.15) is 13.3 Å². The molecule has 3 nitrogen and oxygen atoms in total. The van der Waals surface area contributed by atoms with Crippen LogP contribution in [0.4, 0.5) is 0 Å². The summed E-state index contributed by atoms with van der Waals surface area (Å²) < 4.78 is 12.9. The Bertz CT molecular complexity index is 372. The number of hydrogen-bond donors (Lipinski definition) is 1. The van der Waals surface area contributed by atoms with Crippen LogP contribution < -0.4 is 14.8 Å². The van der Waals surface area contributed by atoms with Gasteiger partial charge in [0.15, 0.2) is 0 Å². The number of halogens is 2. The molecule has 0 radical (unpaired) electrons. The van der Waals surface area contributed by atoms with E-state index < -0.39 is 0 Å². The summed E-state index contributed by atoms with van der Waals surface area (Å²) in [5, 5.41) is 3.12. The molecule has 1 rings (SSSR count). The lowest BCUT2D eigenvalue weighted by molar-refractivity contribution is 0.195. The quantitative estimate of drug-likeness (QED) is 0.834. The minimum absolute atomic E-state index is 0.164. The summed E-state index contributed by atoms with van der Waals surface area (Å²) in [6.45, 7) is 2.93. The second kappa shape index (κ2) is 7.24. The number of methoxy groups -OCH3 is 1. The van der Waals surface area contributed by atoms with Crippen molar-refractivity contribution >= 4 is 31.9 Å². The number of rotatable bonds is 6. The van der Waals surface area contributed by atoms with E-state index in [-0.39, 0.29) is 6.10 Å². The molecule has 17 heavy (non-hydrogen) atoms. The molecule has 0 amide bonds. The number of benzene rings is 1. The topological polar surface area (TPSA) is 30.5 Å². The van der Waals surface area contributed by atoms with Crippen LogP contribution in [0.15, 0.2) is 21.1 Å². The van der Waals surface area contributed by atoms with Gasteiger partial charge in [-0.15, -0.1) is 0 Å². The smallest absolute Gasteiger partial charge is 0.135 e. The number of likely N-dealkylation sites (N-methyl/N-ethyl adjacent to an activating group) is 1. The van der Waals surface area contributed by atoms with Gasteiger partial charge in [0, 0.05) is 6.54 Å². The van der Waals surface area contributed by atoms with Gasteiger partial charge in [-0.2, -0.15) is 0 Å². The zero-order chi connectivity index (χ0) is 12.8. The molecular formula is C12H17Br2NO2. The predicted octanol–water partition coefficient (Wildman–Crippen LogP) is 3.60. The van der Waals surface area contributed by atoms with Gasteiger partial charge in [-0.3, -0.25) is 0 Å². The first-order valence-electron chi connectivity index (χ1n) is 5.46. The van der Waals surface area contributed by atoms with Crippen LogP contribution in [0.3, 0.4) is 0 Å². The number of ether oxygens (including phenoxy) is 2. The Labute approximate surface area is 119 Å². The largest absolute Gasteiger partial charge is 0.496 e. The third-order valence-electron chi connectivity index (χ3n) is 2.39. The van der Waals surface area contributed by atoms with E-state index in [9.17, 15) is 0 Å². The maximum Gasteiger partial charge on any atom is 0.135 e. The minimum atomic E-state index is 0.164. The molecule has 0 aromatic heterocycles. The fraction of sp³-hybridized carbons (Fsp3) is 0.500. The molecule has 0 aliphatic rings. The highest BCUT2D eigenvalue weighted by molar-refractivity contribution is 9.11. The highest BCUT2D eigenvalue weighted by Crippen LogP contribution is 2.36. The lowest BCUT2D eigenvalue weighted by Gasteiger charge is -2.19. The molecule has 96 valence electrons. The van der Waals surface area contributed by atoms with E-state index in [1.54, 1.807) is 7.11 Å². The molecule has 1 atom stereocenters. The number of nitrogens with one attached hydrogen (secondary N) is 1. The predicted molar refractivity (Wildman–Crippen MR) is 77.0 cm³/mol. The van der Waals surface area contributed by atoms with Gasteiger partial charge in [0.25, 0.3) is 0 Å². The van der Waals surface area contributed by atoms with Crippen molar-refractivity contribution < 1.29 is 9.47 Å². The van der Waals surface area contributed by atoms with Crippen LogP contribution in [-0.4, -0.2) is 26.8 Å². The molecule has 1 aromatic carbocycles. The van der Waals surface area contributed by atoms with Crippen molar-refractivity contribution in [2.24, 2.45) is 0 Å². The standard InChI is InChI=1S/C12H17Br2NO2/c1-4-8(7-15-2)17-12-6-9(13)11(16-3)5-10(12)14/h5-6,8,15H,4,7H2,1-3H3. The van der Waals surface area contributed by atoms with E-state index in [2.05, 4.69) is 44.1 Å². The molecule has 0 saturated carbocycles. The third kappa shape index (κ3) is 4.16. The first kappa shape index (κ1) is 14.8. The Balaban J connectivity index is 2.87. The summed E-state index contributed by atoms with van der Waals surface area (Å²) in [7, 11) is 3.56. The van der Waals surface area contributed by atoms with Crippen molar-refractivity contribution in [1.29, 1.82) is 0 Å². The molecule has 0 fully saturated rings. The van der Waals surface area contributed by atoms with E-state index in [0.717, 1.165) is 33.4 Å². The lowest BCUT2D eigenvalue weighted by Crippen LogP contribution is -2.28. The summed E-state index contributed by atoms with van der Waals surface area (Å²) in [5.41, 5.74) is 0. The second-order valence-corrected chi connectivity index (χ2v) is 5.33. The van der Waals surface area contributed by atoms with Crippen LogP contribution in [0.5, 0.6) is 11.5 Å². The maximum atomic E-state index is 5.92. The van der Waals surface area contributed by atoms with Gasteiger partial charge < -0.3 is 14.8 Å². The molecule has 1 N–H and O–H groups in total. The van der Waals surface area contributed by atoms with Crippen molar-refractivity contribution in [3.8, 4) is 11.5 Å². The lowest BCUT2D eigenvalue weighted by atomic mass is 10.2. The van der Waals surface area contributed by atoms with Gasteiger partial charge >= 0.3 is 0 Å². The summed E-state index contributed by atoms with van der Waals surface area (Å²) in [6, 6.07) is 3.81. The molecule has 0 aliphatic heterocycles. The van der Waals surface area contributed by atoms with E-state index in [1.165, 1.54) is 0 Å². The van der Waals surface area contributed by atoms with Gasteiger partial charge in [0.2, 0.25) is 0 Å². The van der Waals surface area contributed by atoms with Crippen molar-refractivity contribution in [3.63, 3.8) is 0 Å². The third-order valence-corrected chi connectivity index (χ3v) is 3.63. The number of hydrogen-bond acceptors (Lipinski definition) is 3. The zero-order valence-electron chi connectivity index (χ0n) is 10.2. The van der Waals surface area contributed by atoms with Crippen LogP contribution in [-0.2, 0) is 0 Å². The van der Waals surface area contributed by atoms with E-state index in [4.69, 9.17) is 9.47 Å². The molecule has 1 unspecified atom stereocenters. The van der Waals surface area contributed by atoms with Gasteiger partial charge in [-0.05, 0) is 57.5 Å². The van der Waals surface area contributed by atoms with Crippen LogP contribution in [0.25, 0.3) is 0 Å². The highest BCUT2D eigenvalue weighted by Gasteiger charge is 2.12. The normalized spacial score (nSPS) is 12.3. The molecule has 5 heteroatoms. The Kier molecular flexibility index (Phi) is 6.30. The highest BCUT2D eigenvalue weighted by atomic mass is 79.9. The van der Waals surface area contributed by atoms with E-state index in [0.29, 0.717) is 0 Å². The zero-order valence-corrected chi connectivity index (χ0v) is 13.4. The Morgan fingerprint density at radius 1 is 1.24 bits per heavy atom. The van der Waals surface area contributed by atoms with E-state index >= 15 is 0 Å². The van der Waals surface area contributed by atoms with Crippen molar-refractivity contribution in [1.82, 2.24) is 5.32 Å². The fourth-order valence-electron chi connectivity index (χ4n) is 1.43. The Morgan fingerprint density at radius 3 is 2.35 bits per heavy atom. The average Bonchev–Trinajstić information content (AvgIpc) is 2.32. The van der Waals surface area contributed by atoms with Crippen LogP contribution >= 0.6 is 31.9 Å². The molecule has 0 heterocycles. The maximum absolute atomic E-state index is 5.92. The van der Waals surface area contributed by atoms with Crippen molar-refractivity contribution in [3.05, 3.63) is 21.1 Å². The van der Waals surface area contributed by atoms with Crippen molar-refractivity contribution in [2.75, 3.05) is 20.7 Å². The molecule has 1 aromatic rings. The van der Waals surface area contributed by atoms with Gasteiger partial charge in [-0.25, -0.2) is 0 Å². The SMILES string of the molecule is CCC(CNC)Oc1cc(Br)c(OC)cc1Br. The molecular weight excluding hydrogens is 350 g/mol. The Hall–Kier alpha value is -0.260. The first-order valence-corrected chi connectivity index (χ1v) is 7.05. The summed E-state index contributed by atoms with van der Waals surface area (Å²) in [6.07, 6.45) is 1.12. The summed E-state index contributed by atoms with van der Waals surface area (Å²) >= 11 is 6.94. The van der Waals surface area contributed by atoms with Gasteiger partial charge in [0.05, 0.1) is 16.1 Å². The minimum Gasteiger partial charge on any atom is -0.496 e. The summed E-state index contributed by atoms with van der Waals surface area (Å²) in [5.74, 6) is 1.60. The molecule has 0 aliphatic carbocycles. The summed E-state index contributed by atoms with van der Waals surface area (Å²) in [4.78, 5) is 0. The average molecular weight is 367 g/mol. The van der Waals surface area contributed by atoms with Gasteiger partial charge in [-0.1, -0.05) is 6.92 Å². The van der Waals surface area contributed by atoms with Crippen LogP contribution in [0, 0.1) is 0 Å². The fourth-order valence-corrected chi connectivity index (χ4v) is 2.33. The molecule has 0 bridgehead atoms. The molecule has 0 saturated heterocycles. The monoisotopic (exact) mass is 365 g/mol. The molecule has 0 spiro atoms. The van der Waals surface area contributed by atoms with E-state index in [1.807, 2.05) is 19.2 Å². The van der Waals surface area contributed by atoms with Crippen LogP contribution in [0.2, 0.25) is 0 Å². The second-order valence-electron chi connectivity index (χ2n) is 3.62. The van der Waals surface area contributed by atoms with Gasteiger partial charge in [0.1, 0.15) is 17.6 Å².